The van der Waals surface area contributed by atoms with Crippen molar-refractivity contribution in [3.63, 3.8) is 0 Å². The fourth-order valence-electron chi connectivity index (χ4n) is 3.88. The predicted molar refractivity (Wildman–Crippen MR) is 136 cm³/mol. The van der Waals surface area contributed by atoms with Crippen LogP contribution in [0.1, 0.15) is 23.7 Å². The fourth-order valence-corrected chi connectivity index (χ4v) is 3.88. The summed E-state index contributed by atoms with van der Waals surface area (Å²) in [4.78, 5) is 50.1. The van der Waals surface area contributed by atoms with E-state index in [0.29, 0.717) is 34.2 Å². The Hall–Kier alpha value is -4.66. The zero-order valence-electron chi connectivity index (χ0n) is 20.4. The first kappa shape index (κ1) is 25.4. The Morgan fingerprint density at radius 1 is 0.946 bits per heavy atom. The molecule has 0 bridgehead atoms. The number of anilines is 2. The second-order valence-electron chi connectivity index (χ2n) is 8.44. The average molecular weight is 503 g/mol. The molecule has 3 aromatic carbocycles. The summed E-state index contributed by atoms with van der Waals surface area (Å²) in [6.07, 6.45) is -0.00751. The maximum absolute atomic E-state index is 12.6. The van der Waals surface area contributed by atoms with Crippen molar-refractivity contribution in [1.29, 1.82) is 0 Å². The van der Waals surface area contributed by atoms with E-state index < -0.39 is 24.4 Å². The molecule has 1 saturated heterocycles. The maximum Gasteiger partial charge on any atom is 0.311 e. The van der Waals surface area contributed by atoms with E-state index in [1.54, 1.807) is 67.8 Å². The maximum atomic E-state index is 12.6. The molecular weight excluding hydrogens is 476 g/mol. The van der Waals surface area contributed by atoms with E-state index in [9.17, 15) is 19.2 Å². The van der Waals surface area contributed by atoms with E-state index in [1.165, 1.54) is 11.8 Å². The Morgan fingerprint density at radius 2 is 1.62 bits per heavy atom. The molecule has 1 N–H and O–H groups in total. The Morgan fingerprint density at radius 3 is 2.27 bits per heavy atom. The quantitative estimate of drug-likeness (QED) is 0.344. The lowest BCUT2D eigenvalue weighted by Gasteiger charge is -2.17. The van der Waals surface area contributed by atoms with Crippen LogP contribution in [0.5, 0.6) is 17.2 Å². The number of benzene rings is 3. The SMILES string of the molecule is COc1ccccc1Oc1ccc(N2C[C@H](C(=O)OCC(=O)Nc3ccc(C(C)=O)cc3)CC2=O)cc1. The van der Waals surface area contributed by atoms with Crippen LogP contribution in [0.15, 0.2) is 72.8 Å². The molecule has 1 atom stereocenters. The van der Waals surface area contributed by atoms with Gasteiger partial charge in [-0.15, -0.1) is 0 Å². The number of methoxy groups -OCH3 is 1. The number of rotatable bonds is 9. The molecule has 0 unspecified atom stereocenters. The molecule has 9 nitrogen and oxygen atoms in total. The first-order valence-corrected chi connectivity index (χ1v) is 11.6. The van der Waals surface area contributed by atoms with Gasteiger partial charge in [0.05, 0.1) is 13.0 Å². The minimum Gasteiger partial charge on any atom is -0.493 e. The predicted octanol–water partition coefficient (Wildman–Crippen LogP) is 4.22. The highest BCUT2D eigenvalue weighted by Crippen LogP contribution is 2.33. The van der Waals surface area contributed by atoms with Crippen molar-refractivity contribution >= 4 is 34.9 Å². The summed E-state index contributed by atoms with van der Waals surface area (Å²) in [5.74, 6) is -0.376. The van der Waals surface area contributed by atoms with E-state index in [4.69, 9.17) is 14.2 Å². The summed E-state index contributed by atoms with van der Waals surface area (Å²) in [7, 11) is 1.56. The number of nitrogens with zero attached hydrogens (tertiary/aromatic N) is 1. The highest BCUT2D eigenvalue weighted by molar-refractivity contribution is 6.00. The minimum atomic E-state index is -0.681. The number of carbonyl (C=O) groups excluding carboxylic acids is 4. The van der Waals surface area contributed by atoms with Gasteiger partial charge in [0.25, 0.3) is 5.91 Å². The number of hydrogen-bond donors (Lipinski definition) is 1. The Labute approximate surface area is 213 Å². The highest BCUT2D eigenvalue weighted by atomic mass is 16.5. The Kier molecular flexibility index (Phi) is 7.83. The van der Waals surface area contributed by atoms with Gasteiger partial charge in [0, 0.05) is 29.9 Å². The van der Waals surface area contributed by atoms with Crippen LogP contribution < -0.4 is 19.7 Å². The van der Waals surface area contributed by atoms with Gasteiger partial charge in [-0.25, -0.2) is 0 Å². The summed E-state index contributed by atoms with van der Waals surface area (Å²) < 4.78 is 16.3. The summed E-state index contributed by atoms with van der Waals surface area (Å²) in [5, 5.41) is 2.60. The molecule has 1 aliphatic rings. The Balaban J connectivity index is 1.29. The van der Waals surface area contributed by atoms with Gasteiger partial charge in [0.1, 0.15) is 5.75 Å². The third-order valence-electron chi connectivity index (χ3n) is 5.82. The molecule has 3 aromatic rings. The number of ketones is 1. The molecular formula is C28H26N2O7. The van der Waals surface area contributed by atoms with Gasteiger partial charge >= 0.3 is 5.97 Å². The smallest absolute Gasteiger partial charge is 0.311 e. The lowest BCUT2D eigenvalue weighted by molar-refractivity contribution is -0.151. The average Bonchev–Trinajstić information content (AvgIpc) is 3.30. The topological polar surface area (TPSA) is 111 Å². The van der Waals surface area contributed by atoms with E-state index in [0.717, 1.165) is 0 Å². The first-order chi connectivity index (χ1) is 17.8. The number of nitrogens with one attached hydrogen (secondary N) is 1. The minimum absolute atomic E-state index is 0.00751. The monoisotopic (exact) mass is 502 g/mol. The van der Waals surface area contributed by atoms with Crippen LogP contribution in [-0.4, -0.2) is 43.8 Å². The van der Waals surface area contributed by atoms with E-state index >= 15 is 0 Å². The zero-order valence-corrected chi connectivity index (χ0v) is 20.4. The normalized spacial score (nSPS) is 14.7. The number of esters is 1. The lowest BCUT2D eigenvalue weighted by Crippen LogP contribution is -2.28. The number of amides is 2. The number of ether oxygens (including phenoxy) is 3. The van der Waals surface area contributed by atoms with Gasteiger partial charge in [-0.2, -0.15) is 0 Å². The molecule has 1 fully saturated rings. The molecule has 0 aliphatic carbocycles. The second-order valence-corrected chi connectivity index (χ2v) is 8.44. The van der Waals surface area contributed by atoms with Gasteiger partial charge < -0.3 is 24.4 Å². The van der Waals surface area contributed by atoms with Crippen LogP contribution in [-0.2, 0) is 19.1 Å². The van der Waals surface area contributed by atoms with Crippen LogP contribution in [0.3, 0.4) is 0 Å². The summed E-state index contributed by atoms with van der Waals surface area (Å²) >= 11 is 0. The van der Waals surface area contributed by atoms with Gasteiger partial charge in [-0.3, -0.25) is 19.2 Å². The molecule has 0 spiro atoms. The standard InChI is InChI=1S/C28H26N2O7/c1-18(31)19-7-9-21(10-8-19)29-26(32)17-36-28(34)20-15-27(33)30(16-20)22-11-13-23(14-12-22)37-25-6-4-3-5-24(25)35-2/h3-14,20H,15-17H2,1-2H3,(H,29,32)/t20-/m1/s1. The molecule has 0 radical (unpaired) electrons. The van der Waals surface area contributed by atoms with Gasteiger partial charge in [0.2, 0.25) is 5.91 Å². The third-order valence-corrected chi connectivity index (χ3v) is 5.82. The molecule has 190 valence electrons. The van der Waals surface area contributed by atoms with Crippen LogP contribution >= 0.6 is 0 Å². The van der Waals surface area contributed by atoms with Crippen molar-refractivity contribution in [1.82, 2.24) is 0 Å². The van der Waals surface area contributed by atoms with Crippen molar-refractivity contribution < 1.29 is 33.4 Å². The van der Waals surface area contributed by atoms with Crippen molar-refractivity contribution in [2.75, 3.05) is 30.5 Å². The zero-order chi connectivity index (χ0) is 26.4. The number of hydrogen-bond acceptors (Lipinski definition) is 7. The van der Waals surface area contributed by atoms with Crippen LogP contribution in [0, 0.1) is 5.92 Å². The van der Waals surface area contributed by atoms with Crippen molar-refractivity contribution in [3.05, 3.63) is 78.4 Å². The molecule has 0 saturated carbocycles. The molecule has 1 heterocycles. The second kappa shape index (κ2) is 11.4. The van der Waals surface area contributed by atoms with E-state index in [1.807, 2.05) is 12.1 Å². The number of Topliss-reactive ketones (excluding diaryl/α,β-unsaturated/α-hetero) is 1. The summed E-state index contributed by atoms with van der Waals surface area (Å²) in [5.41, 5.74) is 1.63. The van der Waals surface area contributed by atoms with Crippen LogP contribution in [0.2, 0.25) is 0 Å². The fraction of sp³-hybridized carbons (Fsp3) is 0.214. The molecule has 37 heavy (non-hydrogen) atoms. The van der Waals surface area contributed by atoms with Gasteiger partial charge in [-0.05, 0) is 67.6 Å². The van der Waals surface area contributed by atoms with Gasteiger partial charge in [-0.1, -0.05) is 12.1 Å². The van der Waals surface area contributed by atoms with Crippen LogP contribution in [0.4, 0.5) is 11.4 Å². The molecule has 0 aromatic heterocycles. The summed E-state index contributed by atoms with van der Waals surface area (Å²) in [6, 6.07) is 20.6. The largest absolute Gasteiger partial charge is 0.493 e. The molecule has 4 rings (SSSR count). The van der Waals surface area contributed by atoms with Gasteiger partial charge in [0.15, 0.2) is 23.9 Å². The lowest BCUT2D eigenvalue weighted by atomic mass is 10.1. The number of para-hydroxylation sites is 2. The molecule has 9 heteroatoms. The van der Waals surface area contributed by atoms with Crippen molar-refractivity contribution in [3.8, 4) is 17.2 Å². The van der Waals surface area contributed by atoms with Crippen molar-refractivity contribution in [2.45, 2.75) is 13.3 Å². The Bertz CT molecular complexity index is 1300. The molecule has 1 aliphatic heterocycles. The van der Waals surface area contributed by atoms with E-state index in [-0.39, 0.29) is 24.7 Å². The van der Waals surface area contributed by atoms with Crippen molar-refractivity contribution in [2.24, 2.45) is 5.92 Å². The summed E-state index contributed by atoms with van der Waals surface area (Å²) in [6.45, 7) is 1.13. The first-order valence-electron chi connectivity index (χ1n) is 11.6. The third kappa shape index (κ3) is 6.32. The van der Waals surface area contributed by atoms with E-state index in [2.05, 4.69) is 5.32 Å². The van der Waals surface area contributed by atoms with Crippen LogP contribution in [0.25, 0.3) is 0 Å². The molecule has 2 amide bonds. The highest BCUT2D eigenvalue weighted by Gasteiger charge is 2.36. The number of carbonyl (C=O) groups is 4.